The number of nitrogens with zero attached hydrogens (tertiary/aromatic N) is 2. The first-order valence-electron chi connectivity index (χ1n) is 7.40. The van der Waals surface area contributed by atoms with Crippen LogP contribution in [0.5, 0.6) is 5.75 Å². The van der Waals surface area contributed by atoms with Crippen LogP contribution in [0.25, 0.3) is 0 Å². The van der Waals surface area contributed by atoms with Crippen molar-refractivity contribution in [2.24, 2.45) is 0 Å². The number of hydrogen-bond donors (Lipinski definition) is 1. The molecule has 130 valence electrons. The maximum absolute atomic E-state index is 12.7. The van der Waals surface area contributed by atoms with Gasteiger partial charge in [-0.15, -0.1) is 0 Å². The van der Waals surface area contributed by atoms with Crippen LogP contribution >= 0.6 is 0 Å². The number of rotatable bonds is 5. The Balaban J connectivity index is 2.03. The van der Waals surface area contributed by atoms with Gasteiger partial charge in [-0.2, -0.15) is 0 Å². The van der Waals surface area contributed by atoms with Crippen molar-refractivity contribution < 1.29 is 22.7 Å². The van der Waals surface area contributed by atoms with Crippen molar-refractivity contribution in [2.75, 3.05) is 16.7 Å². The van der Waals surface area contributed by atoms with Gasteiger partial charge in [0.15, 0.2) is 0 Å². The summed E-state index contributed by atoms with van der Waals surface area (Å²) in [5.41, 5.74) is 0.190. The number of carbonyl (C=O) groups is 2. The SMILES string of the molecule is COc1ccc(N2C(=O)CCC2=O)cc1S(=O)(=O)Nc1ccccn1. The van der Waals surface area contributed by atoms with Gasteiger partial charge in [0.05, 0.1) is 12.8 Å². The standard InChI is InChI=1S/C16H15N3O5S/c1-24-12-6-5-11(19-15(20)7-8-16(19)21)10-13(12)25(22,23)18-14-4-2-3-9-17-14/h2-6,9-10H,7-8H2,1H3,(H,17,18). The number of methoxy groups -OCH3 is 1. The summed E-state index contributed by atoms with van der Waals surface area (Å²) in [5.74, 6) is -0.498. The Morgan fingerprint density at radius 3 is 2.44 bits per heavy atom. The summed E-state index contributed by atoms with van der Waals surface area (Å²) >= 11 is 0. The molecule has 0 aliphatic carbocycles. The normalized spacial score (nSPS) is 14.7. The molecule has 0 spiro atoms. The Bertz CT molecular complexity index is 912. The zero-order chi connectivity index (χ0) is 18.0. The second-order valence-corrected chi connectivity index (χ2v) is 6.93. The largest absolute Gasteiger partial charge is 0.495 e. The summed E-state index contributed by atoms with van der Waals surface area (Å²) in [6, 6.07) is 8.91. The van der Waals surface area contributed by atoms with Crippen molar-refractivity contribution in [3.8, 4) is 5.75 Å². The van der Waals surface area contributed by atoms with E-state index in [1.807, 2.05) is 0 Å². The van der Waals surface area contributed by atoms with E-state index in [1.165, 1.54) is 37.6 Å². The molecule has 9 heteroatoms. The van der Waals surface area contributed by atoms with Crippen molar-refractivity contribution in [3.63, 3.8) is 0 Å². The fraction of sp³-hybridized carbons (Fsp3) is 0.188. The number of benzene rings is 1. The van der Waals surface area contributed by atoms with E-state index in [2.05, 4.69) is 9.71 Å². The van der Waals surface area contributed by atoms with Gasteiger partial charge in [0, 0.05) is 19.0 Å². The highest BCUT2D eigenvalue weighted by atomic mass is 32.2. The molecule has 0 saturated carbocycles. The molecule has 2 heterocycles. The minimum atomic E-state index is -4.03. The van der Waals surface area contributed by atoms with Crippen LogP contribution < -0.4 is 14.4 Å². The highest BCUT2D eigenvalue weighted by Crippen LogP contribution is 2.32. The lowest BCUT2D eigenvalue weighted by molar-refractivity contribution is -0.121. The van der Waals surface area contributed by atoms with Crippen molar-refractivity contribution in [2.45, 2.75) is 17.7 Å². The van der Waals surface area contributed by atoms with Crippen molar-refractivity contribution in [3.05, 3.63) is 42.6 Å². The predicted octanol–water partition coefficient (Wildman–Crippen LogP) is 1.54. The quantitative estimate of drug-likeness (QED) is 0.810. The monoisotopic (exact) mass is 361 g/mol. The fourth-order valence-electron chi connectivity index (χ4n) is 2.49. The van der Waals surface area contributed by atoms with E-state index in [0.717, 1.165) is 4.90 Å². The smallest absolute Gasteiger partial charge is 0.266 e. The van der Waals surface area contributed by atoms with Crippen LogP contribution in [0.4, 0.5) is 11.5 Å². The highest BCUT2D eigenvalue weighted by Gasteiger charge is 2.32. The van der Waals surface area contributed by atoms with Gasteiger partial charge < -0.3 is 4.74 Å². The van der Waals surface area contributed by atoms with Crippen molar-refractivity contribution >= 4 is 33.3 Å². The van der Waals surface area contributed by atoms with Crippen LogP contribution in [0.2, 0.25) is 0 Å². The average Bonchev–Trinajstić information content (AvgIpc) is 2.93. The van der Waals surface area contributed by atoms with E-state index in [9.17, 15) is 18.0 Å². The van der Waals surface area contributed by atoms with E-state index >= 15 is 0 Å². The molecule has 2 aromatic rings. The van der Waals surface area contributed by atoms with Gasteiger partial charge in [-0.1, -0.05) is 6.07 Å². The number of carbonyl (C=O) groups excluding carboxylic acids is 2. The number of aromatic nitrogens is 1. The third-order valence-electron chi connectivity index (χ3n) is 3.65. The molecule has 1 saturated heterocycles. The van der Waals surface area contributed by atoms with Crippen LogP contribution in [0.15, 0.2) is 47.5 Å². The molecule has 0 atom stereocenters. The molecule has 2 amide bonds. The summed E-state index contributed by atoms with van der Waals surface area (Å²) in [6.45, 7) is 0. The number of amides is 2. The Morgan fingerprint density at radius 1 is 1.12 bits per heavy atom. The topological polar surface area (TPSA) is 106 Å². The van der Waals surface area contributed by atoms with Gasteiger partial charge in [0.2, 0.25) is 11.8 Å². The Hall–Kier alpha value is -2.94. The van der Waals surface area contributed by atoms with E-state index in [4.69, 9.17) is 4.74 Å². The molecule has 0 radical (unpaired) electrons. The maximum Gasteiger partial charge on any atom is 0.266 e. The van der Waals surface area contributed by atoms with Gasteiger partial charge >= 0.3 is 0 Å². The summed E-state index contributed by atoms with van der Waals surface area (Å²) < 4.78 is 32.8. The van der Waals surface area contributed by atoms with Gasteiger partial charge in [0.25, 0.3) is 10.0 Å². The number of sulfonamides is 1. The molecule has 1 aromatic heterocycles. The summed E-state index contributed by atoms with van der Waals surface area (Å²) in [4.78, 5) is 28.5. The number of pyridine rings is 1. The van der Waals surface area contributed by atoms with E-state index in [-0.39, 0.29) is 46.8 Å². The summed E-state index contributed by atoms with van der Waals surface area (Å²) in [7, 11) is -2.70. The van der Waals surface area contributed by atoms with Gasteiger partial charge in [-0.25, -0.2) is 13.4 Å². The lowest BCUT2D eigenvalue weighted by atomic mass is 10.2. The van der Waals surface area contributed by atoms with Gasteiger partial charge in [0.1, 0.15) is 16.5 Å². The zero-order valence-corrected chi connectivity index (χ0v) is 14.1. The van der Waals surface area contributed by atoms with Crippen molar-refractivity contribution in [1.82, 2.24) is 4.98 Å². The van der Waals surface area contributed by atoms with E-state index in [0.29, 0.717) is 0 Å². The number of imide groups is 1. The second-order valence-electron chi connectivity index (χ2n) is 5.28. The average molecular weight is 361 g/mol. The number of ether oxygens (including phenoxy) is 1. The minimum absolute atomic E-state index is 0.0891. The van der Waals surface area contributed by atoms with Crippen LogP contribution in [0, 0.1) is 0 Å². The molecule has 0 unspecified atom stereocenters. The van der Waals surface area contributed by atoms with Crippen LogP contribution in [0.3, 0.4) is 0 Å². The van der Waals surface area contributed by atoms with Crippen LogP contribution in [-0.2, 0) is 19.6 Å². The number of anilines is 2. The van der Waals surface area contributed by atoms with E-state index < -0.39 is 10.0 Å². The Kier molecular flexibility index (Phi) is 4.41. The van der Waals surface area contributed by atoms with Gasteiger partial charge in [-0.05, 0) is 30.3 Å². The van der Waals surface area contributed by atoms with Crippen LogP contribution in [-0.4, -0.2) is 32.3 Å². The number of nitrogens with one attached hydrogen (secondary N) is 1. The van der Waals surface area contributed by atoms with E-state index in [1.54, 1.807) is 12.1 Å². The molecule has 1 N–H and O–H groups in total. The predicted molar refractivity (Wildman–Crippen MR) is 89.8 cm³/mol. The summed E-state index contributed by atoms with van der Waals surface area (Å²) in [5, 5.41) is 0. The molecule has 0 bridgehead atoms. The van der Waals surface area contributed by atoms with Gasteiger partial charge in [-0.3, -0.25) is 19.2 Å². The Labute approximate surface area is 144 Å². The minimum Gasteiger partial charge on any atom is -0.495 e. The molecule has 1 aliphatic rings. The highest BCUT2D eigenvalue weighted by molar-refractivity contribution is 7.92. The molecule has 1 aromatic carbocycles. The number of hydrogen-bond acceptors (Lipinski definition) is 6. The van der Waals surface area contributed by atoms with Crippen LogP contribution in [0.1, 0.15) is 12.8 Å². The first kappa shape index (κ1) is 16.9. The maximum atomic E-state index is 12.7. The summed E-state index contributed by atoms with van der Waals surface area (Å²) in [6.07, 6.45) is 1.67. The van der Waals surface area contributed by atoms with Crippen molar-refractivity contribution in [1.29, 1.82) is 0 Å². The molecule has 25 heavy (non-hydrogen) atoms. The lowest BCUT2D eigenvalue weighted by Crippen LogP contribution is -2.28. The lowest BCUT2D eigenvalue weighted by Gasteiger charge is -2.17. The molecular formula is C16H15N3O5S. The molecule has 3 rings (SSSR count). The molecule has 1 aliphatic heterocycles. The molecule has 8 nitrogen and oxygen atoms in total. The fourth-order valence-corrected chi connectivity index (χ4v) is 3.69. The first-order valence-corrected chi connectivity index (χ1v) is 8.88. The third-order valence-corrected chi connectivity index (χ3v) is 5.03. The Morgan fingerprint density at radius 2 is 1.84 bits per heavy atom. The third kappa shape index (κ3) is 3.31. The molecular weight excluding hydrogens is 346 g/mol. The zero-order valence-electron chi connectivity index (χ0n) is 13.3. The first-order chi connectivity index (χ1) is 11.9. The second kappa shape index (κ2) is 6.52. The molecule has 1 fully saturated rings.